The molecule has 23 heavy (non-hydrogen) atoms. The molecule has 0 radical (unpaired) electrons. The second-order valence-electron chi connectivity index (χ2n) is 6.84. The lowest BCUT2D eigenvalue weighted by atomic mass is 9.95. The molecule has 1 N–H and O–H groups in total. The lowest BCUT2D eigenvalue weighted by molar-refractivity contribution is -0.134. The molecule has 0 saturated carbocycles. The Kier molecular flexibility index (Phi) is 5.80. The van der Waals surface area contributed by atoms with Crippen molar-refractivity contribution < 1.29 is 9.59 Å². The van der Waals surface area contributed by atoms with Gasteiger partial charge in [-0.25, -0.2) is 0 Å². The number of hydrogen-bond acceptors (Lipinski definition) is 2. The van der Waals surface area contributed by atoms with Crippen molar-refractivity contribution in [3.63, 3.8) is 0 Å². The molecule has 4 heteroatoms. The van der Waals surface area contributed by atoms with Crippen LogP contribution in [-0.4, -0.2) is 29.8 Å². The second-order valence-corrected chi connectivity index (χ2v) is 6.84. The highest BCUT2D eigenvalue weighted by molar-refractivity contribution is 5.79. The Bertz CT molecular complexity index is 573. The molecule has 0 aromatic heterocycles. The highest BCUT2D eigenvalue weighted by Gasteiger charge is 2.25. The molecule has 1 heterocycles. The molecule has 1 aliphatic rings. The van der Waals surface area contributed by atoms with E-state index in [0.717, 1.165) is 12.8 Å². The average molecular weight is 316 g/mol. The molecule has 126 valence electrons. The Balaban J connectivity index is 1.90. The molecule has 1 aliphatic heterocycles. The normalized spacial score (nSPS) is 15.8. The highest BCUT2D eigenvalue weighted by atomic mass is 16.2. The van der Waals surface area contributed by atoms with Gasteiger partial charge in [-0.2, -0.15) is 0 Å². The number of benzene rings is 1. The summed E-state index contributed by atoms with van der Waals surface area (Å²) >= 11 is 0. The van der Waals surface area contributed by atoms with Gasteiger partial charge in [0.25, 0.3) is 0 Å². The first-order chi connectivity index (χ1) is 10.9. The Labute approximate surface area is 139 Å². The van der Waals surface area contributed by atoms with Crippen LogP contribution in [0.1, 0.15) is 56.2 Å². The first-order valence-corrected chi connectivity index (χ1v) is 8.51. The Morgan fingerprint density at radius 2 is 1.91 bits per heavy atom. The fourth-order valence-corrected chi connectivity index (χ4v) is 3.02. The maximum Gasteiger partial charge on any atom is 0.223 e. The summed E-state index contributed by atoms with van der Waals surface area (Å²) in [7, 11) is 0. The first kappa shape index (κ1) is 17.5. The second kappa shape index (κ2) is 7.62. The van der Waals surface area contributed by atoms with Gasteiger partial charge in [0.15, 0.2) is 0 Å². The minimum absolute atomic E-state index is 0.0270. The van der Waals surface area contributed by atoms with Crippen molar-refractivity contribution in [1.82, 2.24) is 10.2 Å². The van der Waals surface area contributed by atoms with Gasteiger partial charge in [-0.3, -0.25) is 9.59 Å². The molecule has 1 aromatic carbocycles. The van der Waals surface area contributed by atoms with Crippen LogP contribution < -0.4 is 5.32 Å². The molecule has 0 unspecified atom stereocenters. The monoisotopic (exact) mass is 316 g/mol. The average Bonchev–Trinajstić information content (AvgIpc) is 2.53. The van der Waals surface area contributed by atoms with Crippen molar-refractivity contribution >= 4 is 11.8 Å². The molecule has 0 atom stereocenters. The van der Waals surface area contributed by atoms with Crippen molar-refractivity contribution in [3.8, 4) is 0 Å². The topological polar surface area (TPSA) is 49.4 Å². The number of nitrogens with one attached hydrogen (secondary N) is 1. The molecular weight excluding hydrogens is 288 g/mol. The summed E-state index contributed by atoms with van der Waals surface area (Å²) in [5.41, 5.74) is 3.70. The van der Waals surface area contributed by atoms with Gasteiger partial charge in [0, 0.05) is 32.5 Å². The molecule has 1 fully saturated rings. The summed E-state index contributed by atoms with van der Waals surface area (Å²) in [6.07, 6.45) is 1.52. The predicted octanol–water partition coefficient (Wildman–Crippen LogP) is 2.99. The number of nitrogens with zero attached hydrogens (tertiary/aromatic N) is 1. The Hall–Kier alpha value is -1.84. The minimum Gasteiger partial charge on any atom is -0.352 e. The Morgan fingerprint density at radius 1 is 1.26 bits per heavy atom. The standard InChI is InChI=1S/C19H28N2O2/c1-13(2)17-6-5-14(3)18(11-17)12-20-19(23)16-7-9-21(10-8-16)15(4)22/h5-6,11,13,16H,7-10,12H2,1-4H3,(H,20,23). The third kappa shape index (κ3) is 4.57. The first-order valence-electron chi connectivity index (χ1n) is 8.51. The van der Waals surface area contributed by atoms with Gasteiger partial charge in [-0.1, -0.05) is 32.0 Å². The summed E-state index contributed by atoms with van der Waals surface area (Å²) in [6, 6.07) is 6.48. The largest absolute Gasteiger partial charge is 0.352 e. The molecule has 2 rings (SSSR count). The lowest BCUT2D eigenvalue weighted by Gasteiger charge is -2.30. The van der Waals surface area contributed by atoms with Crippen LogP contribution >= 0.6 is 0 Å². The van der Waals surface area contributed by atoms with Crippen LogP contribution in [0.25, 0.3) is 0 Å². The zero-order chi connectivity index (χ0) is 17.0. The number of amides is 2. The quantitative estimate of drug-likeness (QED) is 0.928. The molecule has 2 amide bonds. The third-order valence-corrected chi connectivity index (χ3v) is 4.80. The van der Waals surface area contributed by atoms with Crippen molar-refractivity contribution in [1.29, 1.82) is 0 Å². The summed E-state index contributed by atoms with van der Waals surface area (Å²) in [6.45, 7) is 9.98. The van der Waals surface area contributed by atoms with Crippen LogP contribution in [0, 0.1) is 12.8 Å². The predicted molar refractivity (Wildman–Crippen MR) is 92.1 cm³/mol. The zero-order valence-electron chi connectivity index (χ0n) is 14.7. The van der Waals surface area contributed by atoms with Gasteiger partial charge in [-0.05, 0) is 42.4 Å². The minimum atomic E-state index is 0.0270. The van der Waals surface area contributed by atoms with E-state index in [-0.39, 0.29) is 17.7 Å². The number of likely N-dealkylation sites (tertiary alicyclic amines) is 1. The van der Waals surface area contributed by atoms with Gasteiger partial charge in [-0.15, -0.1) is 0 Å². The molecular formula is C19H28N2O2. The molecule has 0 aliphatic carbocycles. The van der Waals surface area contributed by atoms with Crippen LogP contribution in [0.15, 0.2) is 18.2 Å². The van der Waals surface area contributed by atoms with Crippen LogP contribution in [0.4, 0.5) is 0 Å². The van der Waals surface area contributed by atoms with Crippen molar-refractivity contribution in [2.75, 3.05) is 13.1 Å². The van der Waals surface area contributed by atoms with E-state index in [0.29, 0.717) is 25.6 Å². The van der Waals surface area contributed by atoms with Crippen LogP contribution in [0.3, 0.4) is 0 Å². The number of hydrogen-bond donors (Lipinski definition) is 1. The van der Waals surface area contributed by atoms with Gasteiger partial charge >= 0.3 is 0 Å². The van der Waals surface area contributed by atoms with Gasteiger partial charge in [0.05, 0.1) is 0 Å². The van der Waals surface area contributed by atoms with E-state index < -0.39 is 0 Å². The van der Waals surface area contributed by atoms with E-state index >= 15 is 0 Å². The van der Waals surface area contributed by atoms with E-state index in [1.165, 1.54) is 16.7 Å². The van der Waals surface area contributed by atoms with E-state index in [1.807, 2.05) is 4.90 Å². The zero-order valence-corrected chi connectivity index (χ0v) is 14.7. The smallest absolute Gasteiger partial charge is 0.223 e. The van der Waals surface area contributed by atoms with Gasteiger partial charge in [0.2, 0.25) is 11.8 Å². The maximum atomic E-state index is 12.4. The van der Waals surface area contributed by atoms with Crippen molar-refractivity contribution in [2.24, 2.45) is 5.92 Å². The summed E-state index contributed by atoms with van der Waals surface area (Å²) in [5.74, 6) is 0.729. The van der Waals surface area contributed by atoms with Crippen molar-refractivity contribution in [2.45, 2.75) is 53.0 Å². The summed E-state index contributed by atoms with van der Waals surface area (Å²) in [5, 5.41) is 3.08. The van der Waals surface area contributed by atoms with Gasteiger partial charge in [0.1, 0.15) is 0 Å². The number of carbonyl (C=O) groups excluding carboxylic acids is 2. The summed E-state index contributed by atoms with van der Waals surface area (Å²) < 4.78 is 0. The summed E-state index contributed by atoms with van der Waals surface area (Å²) in [4.78, 5) is 25.5. The van der Waals surface area contributed by atoms with E-state index in [9.17, 15) is 9.59 Å². The molecule has 1 saturated heterocycles. The molecule has 4 nitrogen and oxygen atoms in total. The number of aryl methyl sites for hydroxylation is 1. The number of carbonyl (C=O) groups is 2. The van der Waals surface area contributed by atoms with Crippen LogP contribution in [-0.2, 0) is 16.1 Å². The fourth-order valence-electron chi connectivity index (χ4n) is 3.02. The van der Waals surface area contributed by atoms with Crippen LogP contribution in [0.5, 0.6) is 0 Å². The van der Waals surface area contributed by atoms with E-state index in [2.05, 4.69) is 44.3 Å². The lowest BCUT2D eigenvalue weighted by Crippen LogP contribution is -2.42. The van der Waals surface area contributed by atoms with E-state index in [4.69, 9.17) is 0 Å². The fraction of sp³-hybridized carbons (Fsp3) is 0.579. The third-order valence-electron chi connectivity index (χ3n) is 4.80. The van der Waals surface area contributed by atoms with Gasteiger partial charge < -0.3 is 10.2 Å². The highest BCUT2D eigenvalue weighted by Crippen LogP contribution is 2.20. The van der Waals surface area contributed by atoms with Crippen molar-refractivity contribution in [3.05, 3.63) is 34.9 Å². The van der Waals surface area contributed by atoms with E-state index in [1.54, 1.807) is 6.92 Å². The van der Waals surface area contributed by atoms with Crippen LogP contribution in [0.2, 0.25) is 0 Å². The Morgan fingerprint density at radius 3 is 2.48 bits per heavy atom. The molecule has 1 aromatic rings. The maximum absolute atomic E-state index is 12.4. The number of rotatable bonds is 4. The molecule has 0 bridgehead atoms. The SMILES string of the molecule is CC(=O)N1CCC(C(=O)NCc2cc(C(C)C)ccc2C)CC1. The molecule has 0 spiro atoms. The number of piperidine rings is 1.